The molecule has 10 rings (SSSR count). The molecule has 0 aliphatic heterocycles. The van der Waals surface area contributed by atoms with E-state index in [-0.39, 0.29) is 0 Å². The highest BCUT2D eigenvalue weighted by Crippen LogP contribution is 2.39. The molecule has 5 nitrogen and oxygen atoms in total. The highest BCUT2D eigenvalue weighted by molar-refractivity contribution is 6.18. The van der Waals surface area contributed by atoms with E-state index in [1.807, 2.05) is 74.5 Å². The van der Waals surface area contributed by atoms with Crippen LogP contribution in [-0.4, -0.2) is 24.1 Å². The van der Waals surface area contributed by atoms with Gasteiger partial charge in [-0.25, -0.2) is 15.0 Å². The smallest absolute Gasteiger partial charge is 0.164 e. The second kappa shape index (κ2) is 14.1. The Bertz CT molecular complexity index is 2820. The molecule has 0 spiro atoms. The van der Waals surface area contributed by atoms with Gasteiger partial charge in [0, 0.05) is 50.4 Å². The van der Waals surface area contributed by atoms with Gasteiger partial charge in [0.15, 0.2) is 17.5 Å². The average Bonchev–Trinajstić information content (AvgIpc) is 3.85. The van der Waals surface area contributed by atoms with E-state index in [1.165, 1.54) is 16.2 Å². The van der Waals surface area contributed by atoms with Crippen molar-refractivity contribution in [3.63, 3.8) is 0 Å². The second-order valence-electron chi connectivity index (χ2n) is 12.9. The summed E-state index contributed by atoms with van der Waals surface area (Å²) in [7, 11) is 0. The Morgan fingerprint density at radius 1 is 0.352 bits per heavy atom. The largest absolute Gasteiger partial charge is 0.316 e. The second-order valence-corrected chi connectivity index (χ2v) is 12.9. The Morgan fingerprint density at radius 2 is 0.870 bits per heavy atom. The van der Waals surface area contributed by atoms with Gasteiger partial charge in [-0.15, -0.1) is 0 Å². The SMILES string of the molecule is CC.c1ccc(-c2cc(-c3nc(-c4ccccc4)nc(-c4ccccc4)n3)cc(-n3c4ccccc4c4ccc5c(ccn5-c5ccccc5)c43)c2)cc1. The zero-order chi connectivity index (χ0) is 36.4. The van der Waals surface area contributed by atoms with Crippen molar-refractivity contribution in [1.82, 2.24) is 24.1 Å². The van der Waals surface area contributed by atoms with E-state index in [2.05, 4.69) is 137 Å². The van der Waals surface area contributed by atoms with Crippen molar-refractivity contribution in [3.8, 4) is 56.7 Å². The molecule has 3 aromatic heterocycles. The lowest BCUT2D eigenvalue weighted by Gasteiger charge is -2.15. The van der Waals surface area contributed by atoms with E-state index in [4.69, 9.17) is 15.0 Å². The Labute approximate surface area is 314 Å². The van der Waals surface area contributed by atoms with Crippen LogP contribution in [0.5, 0.6) is 0 Å². The minimum absolute atomic E-state index is 0.618. The molecule has 0 atom stereocenters. The number of fused-ring (bicyclic) bond motifs is 5. The van der Waals surface area contributed by atoms with Crippen molar-refractivity contribution >= 4 is 32.7 Å². The summed E-state index contributed by atoms with van der Waals surface area (Å²) in [5.41, 5.74) is 10.6. The number of hydrogen-bond acceptors (Lipinski definition) is 3. The number of benzene rings is 7. The molecule has 7 aromatic carbocycles. The number of para-hydroxylation sites is 2. The summed E-state index contributed by atoms with van der Waals surface area (Å²) in [5, 5.41) is 3.59. The van der Waals surface area contributed by atoms with Crippen LogP contribution >= 0.6 is 0 Å². The maximum atomic E-state index is 5.13. The summed E-state index contributed by atoms with van der Waals surface area (Å²) in [6.07, 6.45) is 2.17. The molecule has 258 valence electrons. The summed E-state index contributed by atoms with van der Waals surface area (Å²) in [6, 6.07) is 63.5. The van der Waals surface area contributed by atoms with E-state index in [0.717, 1.165) is 55.7 Å². The predicted molar refractivity (Wildman–Crippen MR) is 224 cm³/mol. The van der Waals surface area contributed by atoms with E-state index in [1.54, 1.807) is 0 Å². The molecule has 10 aromatic rings. The average molecular weight is 696 g/mol. The van der Waals surface area contributed by atoms with Crippen LogP contribution in [-0.2, 0) is 0 Å². The predicted octanol–water partition coefficient (Wildman–Crippen LogP) is 12.6. The molecule has 0 radical (unpaired) electrons. The molecule has 0 bridgehead atoms. The molecule has 0 unspecified atom stereocenters. The topological polar surface area (TPSA) is 48.5 Å². The molecule has 0 aliphatic rings. The highest BCUT2D eigenvalue weighted by atomic mass is 15.0. The fraction of sp³-hybridized carbons (Fsp3) is 0.0408. The first-order valence-electron chi connectivity index (χ1n) is 18.5. The van der Waals surface area contributed by atoms with Gasteiger partial charge in [0.2, 0.25) is 0 Å². The van der Waals surface area contributed by atoms with Gasteiger partial charge < -0.3 is 9.13 Å². The number of hydrogen-bond donors (Lipinski definition) is 0. The first-order chi connectivity index (χ1) is 26.8. The lowest BCUT2D eigenvalue weighted by Crippen LogP contribution is -2.02. The van der Waals surface area contributed by atoms with E-state index in [0.29, 0.717) is 17.5 Å². The highest BCUT2D eigenvalue weighted by Gasteiger charge is 2.20. The van der Waals surface area contributed by atoms with Crippen molar-refractivity contribution in [3.05, 3.63) is 188 Å². The molecular formula is C49H37N5. The molecule has 3 heterocycles. The first kappa shape index (κ1) is 32.8. The van der Waals surface area contributed by atoms with Crippen LogP contribution in [0.1, 0.15) is 13.8 Å². The zero-order valence-electron chi connectivity index (χ0n) is 30.1. The Morgan fingerprint density at radius 3 is 1.50 bits per heavy atom. The maximum Gasteiger partial charge on any atom is 0.164 e. The lowest BCUT2D eigenvalue weighted by atomic mass is 10.0. The van der Waals surface area contributed by atoms with Gasteiger partial charge in [-0.2, -0.15) is 0 Å². The van der Waals surface area contributed by atoms with E-state index >= 15 is 0 Å². The van der Waals surface area contributed by atoms with E-state index in [9.17, 15) is 0 Å². The number of nitrogens with zero attached hydrogens (tertiary/aromatic N) is 5. The Hall–Kier alpha value is -7.11. The van der Waals surface area contributed by atoms with Gasteiger partial charge in [-0.05, 0) is 59.7 Å². The van der Waals surface area contributed by atoms with Crippen LogP contribution < -0.4 is 0 Å². The molecule has 0 amide bonds. The molecule has 0 fully saturated rings. The van der Waals surface area contributed by atoms with Crippen LogP contribution in [0, 0.1) is 0 Å². The summed E-state index contributed by atoms with van der Waals surface area (Å²) in [6.45, 7) is 4.00. The molecule has 0 saturated carbocycles. The summed E-state index contributed by atoms with van der Waals surface area (Å²) in [5.74, 6) is 1.89. The standard InChI is InChI=1S/C47H31N5.C2H6/c1-5-15-32(16-6-1)35-29-36(47-49-45(33-17-7-2-8-18-33)48-46(50-47)34-19-9-3-10-20-34)31-38(30-35)52-43-24-14-13-23-39(43)40-25-26-42-41(44(40)52)27-28-51(42)37-21-11-4-12-22-37;1-2/h1-31H;1-2H3. The molecule has 0 N–H and O–H groups in total. The quantitative estimate of drug-likeness (QED) is 0.174. The Balaban J connectivity index is 0.00000189. The number of aromatic nitrogens is 5. The van der Waals surface area contributed by atoms with Gasteiger partial charge >= 0.3 is 0 Å². The van der Waals surface area contributed by atoms with Crippen LogP contribution in [0.4, 0.5) is 0 Å². The molecule has 54 heavy (non-hydrogen) atoms. The first-order valence-corrected chi connectivity index (χ1v) is 18.5. The monoisotopic (exact) mass is 695 g/mol. The minimum Gasteiger partial charge on any atom is -0.316 e. The third-order valence-corrected chi connectivity index (χ3v) is 9.78. The minimum atomic E-state index is 0.618. The summed E-state index contributed by atoms with van der Waals surface area (Å²) in [4.78, 5) is 15.2. The van der Waals surface area contributed by atoms with Gasteiger partial charge in [0.1, 0.15) is 0 Å². The Kier molecular flexibility index (Phi) is 8.58. The van der Waals surface area contributed by atoms with Crippen molar-refractivity contribution < 1.29 is 0 Å². The molecular weight excluding hydrogens is 659 g/mol. The van der Waals surface area contributed by atoms with Crippen molar-refractivity contribution in [1.29, 1.82) is 0 Å². The van der Waals surface area contributed by atoms with Gasteiger partial charge in [0.25, 0.3) is 0 Å². The third-order valence-electron chi connectivity index (χ3n) is 9.78. The molecule has 0 saturated heterocycles. The molecule has 5 heteroatoms. The van der Waals surface area contributed by atoms with Crippen molar-refractivity contribution in [2.75, 3.05) is 0 Å². The van der Waals surface area contributed by atoms with Crippen LogP contribution in [0.25, 0.3) is 89.4 Å². The molecule has 0 aliphatic carbocycles. The lowest BCUT2D eigenvalue weighted by molar-refractivity contribution is 1.07. The van der Waals surface area contributed by atoms with Crippen LogP contribution in [0.2, 0.25) is 0 Å². The third kappa shape index (κ3) is 5.82. The van der Waals surface area contributed by atoms with Crippen LogP contribution in [0.15, 0.2) is 188 Å². The van der Waals surface area contributed by atoms with E-state index < -0.39 is 0 Å². The zero-order valence-corrected chi connectivity index (χ0v) is 30.1. The normalized spacial score (nSPS) is 11.1. The summed E-state index contributed by atoms with van der Waals surface area (Å²) < 4.78 is 4.68. The fourth-order valence-corrected chi connectivity index (χ4v) is 7.36. The van der Waals surface area contributed by atoms with Gasteiger partial charge in [-0.3, -0.25) is 0 Å². The maximum absolute atomic E-state index is 5.13. The van der Waals surface area contributed by atoms with Crippen molar-refractivity contribution in [2.24, 2.45) is 0 Å². The van der Waals surface area contributed by atoms with Crippen LogP contribution in [0.3, 0.4) is 0 Å². The number of rotatable bonds is 6. The van der Waals surface area contributed by atoms with Gasteiger partial charge in [-0.1, -0.05) is 147 Å². The summed E-state index contributed by atoms with van der Waals surface area (Å²) >= 11 is 0. The van der Waals surface area contributed by atoms with Gasteiger partial charge in [0.05, 0.1) is 16.6 Å². The fourth-order valence-electron chi connectivity index (χ4n) is 7.36. The van der Waals surface area contributed by atoms with Crippen molar-refractivity contribution in [2.45, 2.75) is 13.8 Å².